The number of ether oxygens (including phenoxy) is 2. The van der Waals surface area contributed by atoms with Gasteiger partial charge in [0.15, 0.2) is 0 Å². The summed E-state index contributed by atoms with van der Waals surface area (Å²) in [6.07, 6.45) is 0.237. The minimum Gasteiger partial charge on any atom is -0.466 e. The van der Waals surface area contributed by atoms with Crippen LogP contribution in [0.4, 0.5) is 4.79 Å². The quantitative estimate of drug-likeness (QED) is 0.668. The lowest BCUT2D eigenvalue weighted by atomic mass is 10.4. The zero-order chi connectivity index (χ0) is 12.7. The van der Waals surface area contributed by atoms with Crippen LogP contribution in [0.15, 0.2) is 0 Å². The van der Waals surface area contributed by atoms with Crippen molar-refractivity contribution in [3.8, 4) is 0 Å². The Hall–Kier alpha value is -1.30. The number of amides is 2. The Bertz CT molecular complexity index is 264. The Balaban J connectivity index is 2.28. The molecule has 0 aromatic carbocycles. The van der Waals surface area contributed by atoms with Crippen molar-refractivity contribution in [2.24, 2.45) is 0 Å². The van der Waals surface area contributed by atoms with Crippen molar-refractivity contribution in [3.63, 3.8) is 0 Å². The molecule has 0 radical (unpaired) electrons. The van der Waals surface area contributed by atoms with E-state index >= 15 is 0 Å². The first-order valence-electron chi connectivity index (χ1n) is 5.88. The molecule has 0 aliphatic carbocycles. The summed E-state index contributed by atoms with van der Waals surface area (Å²) < 4.78 is 9.98. The molecule has 1 aliphatic rings. The van der Waals surface area contributed by atoms with Gasteiger partial charge in [-0.25, -0.2) is 4.79 Å². The van der Waals surface area contributed by atoms with Crippen molar-refractivity contribution in [1.82, 2.24) is 9.80 Å². The van der Waals surface area contributed by atoms with E-state index in [0.29, 0.717) is 39.5 Å². The van der Waals surface area contributed by atoms with Gasteiger partial charge in [0, 0.05) is 26.7 Å². The van der Waals surface area contributed by atoms with Gasteiger partial charge in [0.1, 0.15) is 0 Å². The first-order chi connectivity index (χ1) is 8.15. The molecule has 1 rings (SSSR count). The van der Waals surface area contributed by atoms with Crippen molar-refractivity contribution in [3.05, 3.63) is 0 Å². The lowest BCUT2D eigenvalue weighted by molar-refractivity contribution is -0.143. The summed E-state index contributed by atoms with van der Waals surface area (Å²) in [6, 6.07) is -0.0578. The third kappa shape index (κ3) is 4.60. The van der Waals surface area contributed by atoms with Crippen LogP contribution in [0.5, 0.6) is 0 Å². The number of nitrogens with zero attached hydrogens (tertiary/aromatic N) is 2. The minimum atomic E-state index is -0.269. The Kier molecular flexibility index (Phi) is 5.76. The molecule has 0 unspecified atom stereocenters. The summed E-state index contributed by atoms with van der Waals surface area (Å²) in [5, 5.41) is 0. The Labute approximate surface area is 101 Å². The zero-order valence-corrected chi connectivity index (χ0v) is 10.5. The lowest BCUT2D eigenvalue weighted by Crippen LogP contribution is -2.47. The van der Waals surface area contributed by atoms with Gasteiger partial charge in [0.25, 0.3) is 0 Å². The molecule has 0 bridgehead atoms. The van der Waals surface area contributed by atoms with E-state index in [4.69, 9.17) is 9.47 Å². The first kappa shape index (κ1) is 13.8. The molecule has 1 heterocycles. The molecule has 98 valence electrons. The third-order valence-corrected chi connectivity index (χ3v) is 2.56. The van der Waals surface area contributed by atoms with Gasteiger partial charge in [-0.1, -0.05) is 0 Å². The van der Waals surface area contributed by atoms with Crippen LogP contribution < -0.4 is 0 Å². The van der Waals surface area contributed by atoms with E-state index in [2.05, 4.69) is 0 Å². The maximum atomic E-state index is 11.9. The number of rotatable bonds is 4. The highest BCUT2D eigenvalue weighted by Gasteiger charge is 2.20. The number of hydrogen-bond donors (Lipinski definition) is 0. The van der Waals surface area contributed by atoms with Crippen LogP contribution in [0.1, 0.15) is 13.3 Å². The number of urea groups is 1. The van der Waals surface area contributed by atoms with Crippen LogP contribution in [-0.4, -0.2) is 68.3 Å². The number of hydrogen-bond acceptors (Lipinski definition) is 4. The average Bonchev–Trinajstić information content (AvgIpc) is 2.36. The molecule has 0 saturated carbocycles. The average molecular weight is 244 g/mol. The maximum Gasteiger partial charge on any atom is 0.319 e. The summed E-state index contributed by atoms with van der Waals surface area (Å²) in [5.74, 6) is -0.269. The molecular weight excluding hydrogens is 224 g/mol. The maximum absolute atomic E-state index is 11.9. The normalized spacial score (nSPS) is 15.5. The van der Waals surface area contributed by atoms with Gasteiger partial charge in [-0.05, 0) is 6.92 Å². The SMILES string of the molecule is CCOC(=O)CCN(C)C(=O)N1CCOCC1. The molecule has 1 saturated heterocycles. The van der Waals surface area contributed by atoms with E-state index < -0.39 is 0 Å². The van der Waals surface area contributed by atoms with E-state index in [9.17, 15) is 9.59 Å². The summed E-state index contributed by atoms with van der Waals surface area (Å²) in [4.78, 5) is 26.3. The van der Waals surface area contributed by atoms with E-state index in [1.165, 1.54) is 0 Å². The summed E-state index contributed by atoms with van der Waals surface area (Å²) in [5.41, 5.74) is 0. The molecule has 0 N–H and O–H groups in total. The van der Waals surface area contributed by atoms with Gasteiger partial charge in [-0.2, -0.15) is 0 Å². The second-order valence-corrected chi connectivity index (χ2v) is 3.86. The molecule has 2 amide bonds. The predicted octanol–water partition coefficient (Wildman–Crippen LogP) is 0.324. The van der Waals surface area contributed by atoms with Gasteiger partial charge in [0.2, 0.25) is 0 Å². The smallest absolute Gasteiger partial charge is 0.319 e. The van der Waals surface area contributed by atoms with Crippen LogP contribution in [-0.2, 0) is 14.3 Å². The van der Waals surface area contributed by atoms with E-state index in [-0.39, 0.29) is 18.4 Å². The highest BCUT2D eigenvalue weighted by molar-refractivity contribution is 5.75. The Morgan fingerprint density at radius 2 is 2.00 bits per heavy atom. The fourth-order valence-corrected chi connectivity index (χ4v) is 1.58. The van der Waals surface area contributed by atoms with Crippen molar-refractivity contribution in [1.29, 1.82) is 0 Å². The second-order valence-electron chi connectivity index (χ2n) is 3.86. The molecule has 0 spiro atoms. The largest absolute Gasteiger partial charge is 0.466 e. The van der Waals surface area contributed by atoms with Gasteiger partial charge in [-0.15, -0.1) is 0 Å². The van der Waals surface area contributed by atoms with Crippen molar-refractivity contribution >= 4 is 12.0 Å². The van der Waals surface area contributed by atoms with Crippen LogP contribution in [0.25, 0.3) is 0 Å². The summed E-state index contributed by atoms with van der Waals surface area (Å²) in [6.45, 7) is 4.91. The van der Waals surface area contributed by atoms with Crippen molar-refractivity contribution in [2.75, 3.05) is 46.5 Å². The van der Waals surface area contributed by atoms with Crippen LogP contribution in [0.3, 0.4) is 0 Å². The summed E-state index contributed by atoms with van der Waals surface area (Å²) in [7, 11) is 1.69. The minimum absolute atomic E-state index is 0.0578. The number of morpholine rings is 1. The van der Waals surface area contributed by atoms with Gasteiger partial charge >= 0.3 is 12.0 Å². The van der Waals surface area contributed by atoms with Crippen LogP contribution in [0, 0.1) is 0 Å². The number of esters is 1. The molecule has 0 atom stereocenters. The molecule has 1 aliphatic heterocycles. The topological polar surface area (TPSA) is 59.1 Å². The summed E-state index contributed by atoms with van der Waals surface area (Å²) >= 11 is 0. The number of carbonyl (C=O) groups excluding carboxylic acids is 2. The fraction of sp³-hybridized carbons (Fsp3) is 0.818. The molecule has 6 heteroatoms. The van der Waals surface area contributed by atoms with E-state index in [1.54, 1.807) is 23.8 Å². The Morgan fingerprint density at radius 1 is 1.35 bits per heavy atom. The van der Waals surface area contributed by atoms with Crippen molar-refractivity contribution in [2.45, 2.75) is 13.3 Å². The molecule has 17 heavy (non-hydrogen) atoms. The number of carbonyl (C=O) groups is 2. The fourth-order valence-electron chi connectivity index (χ4n) is 1.58. The van der Waals surface area contributed by atoms with Gasteiger partial charge < -0.3 is 19.3 Å². The first-order valence-corrected chi connectivity index (χ1v) is 5.88. The molecule has 0 aromatic rings. The third-order valence-electron chi connectivity index (χ3n) is 2.56. The van der Waals surface area contributed by atoms with Crippen molar-refractivity contribution < 1.29 is 19.1 Å². The molecular formula is C11H20N2O4. The van der Waals surface area contributed by atoms with Gasteiger partial charge in [-0.3, -0.25) is 4.79 Å². The van der Waals surface area contributed by atoms with E-state index in [1.807, 2.05) is 0 Å². The standard InChI is InChI=1S/C11H20N2O4/c1-3-17-10(14)4-5-12(2)11(15)13-6-8-16-9-7-13/h3-9H2,1-2H3. The zero-order valence-electron chi connectivity index (χ0n) is 10.5. The Morgan fingerprint density at radius 3 is 2.59 bits per heavy atom. The highest BCUT2D eigenvalue weighted by Crippen LogP contribution is 2.02. The van der Waals surface area contributed by atoms with E-state index in [0.717, 1.165) is 0 Å². The second kappa shape index (κ2) is 7.11. The monoisotopic (exact) mass is 244 g/mol. The van der Waals surface area contributed by atoms with Crippen LogP contribution >= 0.6 is 0 Å². The lowest BCUT2D eigenvalue weighted by Gasteiger charge is -2.30. The predicted molar refractivity (Wildman–Crippen MR) is 61.7 cm³/mol. The highest BCUT2D eigenvalue weighted by atomic mass is 16.5. The van der Waals surface area contributed by atoms with Gasteiger partial charge in [0.05, 0.1) is 26.2 Å². The van der Waals surface area contributed by atoms with Crippen LogP contribution in [0.2, 0.25) is 0 Å². The molecule has 1 fully saturated rings. The molecule has 0 aromatic heterocycles. The molecule has 6 nitrogen and oxygen atoms in total.